The van der Waals surface area contributed by atoms with Crippen LogP contribution < -0.4 is 14.8 Å². The molecule has 0 saturated carbocycles. The van der Waals surface area contributed by atoms with Crippen LogP contribution >= 0.6 is 11.6 Å². The Morgan fingerprint density at radius 1 is 1.07 bits per heavy atom. The van der Waals surface area contributed by atoms with Crippen LogP contribution in [0.4, 0.5) is 5.69 Å². The second kappa shape index (κ2) is 10.6. The van der Waals surface area contributed by atoms with E-state index < -0.39 is 18.5 Å². The quantitative estimate of drug-likeness (QED) is 0.615. The second-order valence-corrected chi connectivity index (χ2v) is 6.39. The van der Waals surface area contributed by atoms with Crippen molar-refractivity contribution < 1.29 is 23.8 Å². The number of nitrogens with one attached hydrogen (secondary N) is 1. The highest BCUT2D eigenvalue weighted by molar-refractivity contribution is 6.31. The molecular formula is C21H24ClNO5. The van der Waals surface area contributed by atoms with E-state index in [4.69, 9.17) is 25.8 Å². The number of hydrogen-bond acceptors (Lipinski definition) is 5. The predicted molar refractivity (Wildman–Crippen MR) is 108 cm³/mol. The van der Waals surface area contributed by atoms with E-state index in [0.29, 0.717) is 35.4 Å². The molecule has 0 spiro atoms. The third-order valence-electron chi connectivity index (χ3n) is 3.82. The number of benzene rings is 2. The minimum atomic E-state index is -0.624. The van der Waals surface area contributed by atoms with Gasteiger partial charge >= 0.3 is 5.97 Å². The Kier molecular flexibility index (Phi) is 8.14. The molecule has 0 heterocycles. The van der Waals surface area contributed by atoms with Crippen molar-refractivity contribution in [2.75, 3.05) is 25.1 Å². The van der Waals surface area contributed by atoms with Gasteiger partial charge in [0.15, 0.2) is 18.1 Å². The standard InChI is InChI=1S/C21H24ClNO5/c1-4-11-27-18-10-9-15(12-19(18)26-5-2)21(25)28-13-20(24)23-17-8-6-7-16(22)14(17)3/h6-10,12H,4-5,11,13H2,1-3H3,(H,23,24). The van der Waals surface area contributed by atoms with Crippen molar-refractivity contribution in [3.63, 3.8) is 0 Å². The summed E-state index contributed by atoms with van der Waals surface area (Å²) >= 11 is 6.03. The number of halogens is 1. The molecule has 0 atom stereocenters. The summed E-state index contributed by atoms with van der Waals surface area (Å²) in [5, 5.41) is 3.22. The van der Waals surface area contributed by atoms with Crippen molar-refractivity contribution in [3.05, 3.63) is 52.5 Å². The molecule has 2 rings (SSSR count). The van der Waals surface area contributed by atoms with Crippen molar-refractivity contribution in [1.82, 2.24) is 0 Å². The molecule has 1 N–H and O–H groups in total. The van der Waals surface area contributed by atoms with Gasteiger partial charge in [-0.3, -0.25) is 4.79 Å². The summed E-state index contributed by atoms with van der Waals surface area (Å²) in [6, 6.07) is 9.98. The molecule has 0 aliphatic carbocycles. The van der Waals surface area contributed by atoms with Gasteiger partial charge in [0.1, 0.15) is 0 Å². The largest absolute Gasteiger partial charge is 0.490 e. The monoisotopic (exact) mass is 405 g/mol. The van der Waals surface area contributed by atoms with Gasteiger partial charge in [0.2, 0.25) is 0 Å². The van der Waals surface area contributed by atoms with Crippen molar-refractivity contribution >= 4 is 29.2 Å². The fraction of sp³-hybridized carbons (Fsp3) is 0.333. The molecule has 0 saturated heterocycles. The van der Waals surface area contributed by atoms with Crippen LogP contribution in [0.1, 0.15) is 36.2 Å². The molecule has 0 aliphatic rings. The molecular weight excluding hydrogens is 382 g/mol. The molecule has 2 aromatic carbocycles. The van der Waals surface area contributed by atoms with Gasteiger partial charge < -0.3 is 19.5 Å². The molecule has 0 radical (unpaired) electrons. The van der Waals surface area contributed by atoms with E-state index in [0.717, 1.165) is 12.0 Å². The van der Waals surface area contributed by atoms with Crippen LogP contribution in [-0.2, 0) is 9.53 Å². The lowest BCUT2D eigenvalue weighted by atomic mass is 10.2. The summed E-state index contributed by atoms with van der Waals surface area (Å²) < 4.78 is 16.2. The van der Waals surface area contributed by atoms with E-state index in [1.165, 1.54) is 0 Å². The maximum Gasteiger partial charge on any atom is 0.338 e. The number of carbonyl (C=O) groups is 2. The maximum absolute atomic E-state index is 12.3. The van der Waals surface area contributed by atoms with Gasteiger partial charge in [0, 0.05) is 10.7 Å². The van der Waals surface area contributed by atoms with Crippen LogP contribution in [0, 0.1) is 6.92 Å². The average Bonchev–Trinajstić information content (AvgIpc) is 2.69. The normalized spacial score (nSPS) is 10.3. The Morgan fingerprint density at radius 3 is 2.57 bits per heavy atom. The number of rotatable bonds is 9. The van der Waals surface area contributed by atoms with E-state index in [2.05, 4.69) is 5.32 Å². The van der Waals surface area contributed by atoms with Crippen molar-refractivity contribution in [2.24, 2.45) is 0 Å². The Hall–Kier alpha value is -2.73. The zero-order valence-corrected chi connectivity index (χ0v) is 17.0. The Balaban J connectivity index is 1.99. The summed E-state index contributed by atoms with van der Waals surface area (Å²) in [6.45, 7) is 6.21. The van der Waals surface area contributed by atoms with Crippen LogP contribution in [0.3, 0.4) is 0 Å². The van der Waals surface area contributed by atoms with Gasteiger partial charge in [-0.2, -0.15) is 0 Å². The number of carbonyl (C=O) groups excluding carboxylic acids is 2. The van der Waals surface area contributed by atoms with Crippen molar-refractivity contribution in [2.45, 2.75) is 27.2 Å². The van der Waals surface area contributed by atoms with E-state index in [1.54, 1.807) is 43.3 Å². The van der Waals surface area contributed by atoms with Crippen LogP contribution in [0.25, 0.3) is 0 Å². The topological polar surface area (TPSA) is 73.9 Å². The van der Waals surface area contributed by atoms with Crippen LogP contribution in [0.15, 0.2) is 36.4 Å². The van der Waals surface area contributed by atoms with Crippen molar-refractivity contribution in [3.8, 4) is 11.5 Å². The Bertz CT molecular complexity index is 838. The molecule has 2 aromatic rings. The Morgan fingerprint density at radius 2 is 1.86 bits per heavy atom. The highest BCUT2D eigenvalue weighted by Gasteiger charge is 2.15. The third-order valence-corrected chi connectivity index (χ3v) is 4.23. The number of esters is 1. The fourth-order valence-electron chi connectivity index (χ4n) is 2.38. The summed E-state index contributed by atoms with van der Waals surface area (Å²) in [6.07, 6.45) is 0.858. The van der Waals surface area contributed by atoms with E-state index in [-0.39, 0.29) is 5.56 Å². The average molecular weight is 406 g/mol. The molecule has 0 bridgehead atoms. The number of ether oxygens (including phenoxy) is 3. The molecule has 6 nitrogen and oxygen atoms in total. The first-order chi connectivity index (χ1) is 13.5. The van der Waals surface area contributed by atoms with Gasteiger partial charge in [-0.05, 0) is 56.2 Å². The predicted octanol–water partition coefficient (Wildman–Crippen LogP) is 4.63. The fourth-order valence-corrected chi connectivity index (χ4v) is 2.55. The molecule has 150 valence electrons. The van der Waals surface area contributed by atoms with Gasteiger partial charge in [-0.1, -0.05) is 24.6 Å². The minimum Gasteiger partial charge on any atom is -0.490 e. The minimum absolute atomic E-state index is 0.277. The molecule has 0 unspecified atom stereocenters. The van der Waals surface area contributed by atoms with Crippen LogP contribution in [0.2, 0.25) is 5.02 Å². The molecule has 1 amide bonds. The lowest BCUT2D eigenvalue weighted by Crippen LogP contribution is -2.21. The van der Waals surface area contributed by atoms with Crippen LogP contribution in [-0.4, -0.2) is 31.7 Å². The lowest BCUT2D eigenvalue weighted by Gasteiger charge is -2.13. The molecule has 0 aromatic heterocycles. The summed E-state index contributed by atoms with van der Waals surface area (Å²) in [7, 11) is 0. The third kappa shape index (κ3) is 5.89. The van der Waals surface area contributed by atoms with Crippen LogP contribution in [0.5, 0.6) is 11.5 Å². The van der Waals surface area contributed by atoms with Gasteiger partial charge in [-0.25, -0.2) is 4.79 Å². The zero-order valence-electron chi connectivity index (χ0n) is 16.2. The first-order valence-corrected chi connectivity index (χ1v) is 9.45. The van der Waals surface area contributed by atoms with E-state index >= 15 is 0 Å². The number of hydrogen-bond donors (Lipinski definition) is 1. The van der Waals surface area contributed by atoms with E-state index in [1.807, 2.05) is 13.8 Å². The first kappa shape index (κ1) is 21.6. The highest BCUT2D eigenvalue weighted by atomic mass is 35.5. The van der Waals surface area contributed by atoms with Crippen molar-refractivity contribution in [1.29, 1.82) is 0 Å². The molecule has 7 heteroatoms. The Labute approximate surface area is 169 Å². The zero-order chi connectivity index (χ0) is 20.5. The second-order valence-electron chi connectivity index (χ2n) is 5.98. The summed E-state index contributed by atoms with van der Waals surface area (Å²) in [4.78, 5) is 24.4. The van der Waals surface area contributed by atoms with Gasteiger partial charge in [-0.15, -0.1) is 0 Å². The molecule has 0 fully saturated rings. The smallest absolute Gasteiger partial charge is 0.338 e. The van der Waals surface area contributed by atoms with E-state index in [9.17, 15) is 9.59 Å². The lowest BCUT2D eigenvalue weighted by molar-refractivity contribution is -0.119. The highest BCUT2D eigenvalue weighted by Crippen LogP contribution is 2.29. The SMILES string of the molecule is CCCOc1ccc(C(=O)OCC(=O)Nc2cccc(Cl)c2C)cc1OCC. The maximum atomic E-state index is 12.3. The number of amides is 1. The molecule has 0 aliphatic heterocycles. The summed E-state index contributed by atoms with van der Waals surface area (Å²) in [5.74, 6) is -0.0496. The number of anilines is 1. The van der Waals surface area contributed by atoms with Gasteiger partial charge in [0.05, 0.1) is 18.8 Å². The first-order valence-electron chi connectivity index (χ1n) is 9.08. The molecule has 28 heavy (non-hydrogen) atoms. The van der Waals surface area contributed by atoms with Gasteiger partial charge in [0.25, 0.3) is 5.91 Å². The summed E-state index contributed by atoms with van der Waals surface area (Å²) in [5.41, 5.74) is 1.59.